The van der Waals surface area contributed by atoms with E-state index < -0.39 is 0 Å². The number of thiophene rings is 1. The number of rotatable bonds is 7. The molecule has 0 radical (unpaired) electrons. The molecule has 0 aliphatic heterocycles. The summed E-state index contributed by atoms with van der Waals surface area (Å²) in [5.41, 5.74) is 6.30. The number of anilines is 2. The van der Waals surface area contributed by atoms with Crippen LogP contribution in [0.3, 0.4) is 0 Å². The van der Waals surface area contributed by atoms with Crippen LogP contribution in [0.2, 0.25) is 0 Å². The molecule has 0 saturated carbocycles. The molecule has 0 atom stereocenters. The van der Waals surface area contributed by atoms with Crippen molar-refractivity contribution >= 4 is 27.9 Å². The lowest BCUT2D eigenvalue weighted by Crippen LogP contribution is -2.23. The smallest absolute Gasteiger partial charge is 0.263 e. The van der Waals surface area contributed by atoms with Gasteiger partial charge in [-0.2, -0.15) is 0 Å². The molecule has 6 heteroatoms. The van der Waals surface area contributed by atoms with Crippen LogP contribution in [0.4, 0.5) is 10.7 Å². The summed E-state index contributed by atoms with van der Waals surface area (Å²) >= 11 is 1.30. The maximum absolute atomic E-state index is 11.9. The number of nitrogen functional groups attached to an aromatic ring is 1. The van der Waals surface area contributed by atoms with E-state index in [4.69, 9.17) is 10.5 Å². The summed E-state index contributed by atoms with van der Waals surface area (Å²) in [6.07, 6.45) is 2.61. The van der Waals surface area contributed by atoms with Gasteiger partial charge >= 0.3 is 0 Å². The van der Waals surface area contributed by atoms with Gasteiger partial charge in [0.15, 0.2) is 5.75 Å². The van der Waals surface area contributed by atoms with Crippen LogP contribution in [-0.2, 0) is 0 Å². The van der Waals surface area contributed by atoms with Gasteiger partial charge in [0, 0.05) is 13.1 Å². The Morgan fingerprint density at radius 2 is 2.33 bits per heavy atom. The molecule has 1 aromatic heterocycles. The number of nitrogens with two attached hydrogens (primary N) is 1. The first-order chi connectivity index (χ1) is 8.65. The van der Waals surface area contributed by atoms with E-state index in [9.17, 15) is 4.79 Å². The molecule has 0 bridgehead atoms. The minimum Gasteiger partial charge on any atom is -0.492 e. The highest BCUT2D eigenvalue weighted by molar-refractivity contribution is 7.19. The average molecular weight is 269 g/mol. The van der Waals surface area contributed by atoms with E-state index in [1.807, 2.05) is 0 Å². The van der Waals surface area contributed by atoms with Crippen LogP contribution in [0.15, 0.2) is 12.7 Å². The predicted molar refractivity (Wildman–Crippen MR) is 76.6 cm³/mol. The van der Waals surface area contributed by atoms with E-state index in [1.54, 1.807) is 13.2 Å². The zero-order chi connectivity index (χ0) is 13.5. The number of nitrogens with one attached hydrogen (secondary N) is 2. The van der Waals surface area contributed by atoms with Crippen molar-refractivity contribution in [2.45, 2.75) is 13.3 Å². The molecule has 1 rings (SSSR count). The van der Waals surface area contributed by atoms with Crippen molar-refractivity contribution in [1.29, 1.82) is 0 Å². The number of methoxy groups -OCH3 is 1. The normalized spacial score (nSPS) is 9.89. The minimum absolute atomic E-state index is 0.208. The average Bonchev–Trinajstić information content (AvgIpc) is 2.69. The van der Waals surface area contributed by atoms with Gasteiger partial charge in [-0.1, -0.05) is 13.0 Å². The number of hydrogen-bond donors (Lipinski definition) is 3. The van der Waals surface area contributed by atoms with Crippen LogP contribution in [0, 0.1) is 0 Å². The Balaban J connectivity index is 2.95. The van der Waals surface area contributed by atoms with Crippen LogP contribution in [0.1, 0.15) is 23.0 Å². The van der Waals surface area contributed by atoms with Gasteiger partial charge in [0.2, 0.25) is 0 Å². The Hall–Kier alpha value is -1.69. The molecular weight excluding hydrogens is 250 g/mol. The molecule has 1 heterocycles. The van der Waals surface area contributed by atoms with Crippen molar-refractivity contribution in [3.8, 4) is 5.75 Å². The zero-order valence-electron chi connectivity index (χ0n) is 10.7. The highest BCUT2D eigenvalue weighted by atomic mass is 32.1. The lowest BCUT2D eigenvalue weighted by molar-refractivity contribution is 0.0962. The van der Waals surface area contributed by atoms with Gasteiger partial charge in [-0.25, -0.2) is 0 Å². The molecule has 0 unspecified atom stereocenters. The summed E-state index contributed by atoms with van der Waals surface area (Å²) in [6.45, 7) is 6.83. The van der Waals surface area contributed by atoms with Crippen molar-refractivity contribution in [1.82, 2.24) is 5.32 Å². The van der Waals surface area contributed by atoms with E-state index >= 15 is 0 Å². The third-order valence-electron chi connectivity index (χ3n) is 2.25. The summed E-state index contributed by atoms with van der Waals surface area (Å²) < 4.78 is 5.23. The number of carbonyl (C=O) groups is 1. The van der Waals surface area contributed by atoms with Gasteiger partial charge in [-0.3, -0.25) is 4.79 Å². The molecule has 0 saturated heterocycles. The Labute approximate surface area is 111 Å². The van der Waals surface area contributed by atoms with Gasteiger partial charge in [0.05, 0.1) is 7.11 Å². The van der Waals surface area contributed by atoms with Gasteiger partial charge in [0.1, 0.15) is 15.6 Å². The van der Waals surface area contributed by atoms with E-state index in [2.05, 4.69) is 24.1 Å². The van der Waals surface area contributed by atoms with Gasteiger partial charge in [0.25, 0.3) is 5.91 Å². The fraction of sp³-hybridized carbons (Fsp3) is 0.417. The molecule has 0 spiro atoms. The lowest BCUT2D eigenvalue weighted by Gasteiger charge is -2.04. The predicted octanol–water partition coefficient (Wildman–Crippen LogP) is 2.08. The molecule has 18 heavy (non-hydrogen) atoms. The maximum Gasteiger partial charge on any atom is 0.263 e. The fourth-order valence-corrected chi connectivity index (χ4v) is 2.43. The number of ether oxygens (including phenoxy) is 1. The fourth-order valence-electron chi connectivity index (χ4n) is 1.40. The number of hydrogen-bond acceptors (Lipinski definition) is 5. The molecule has 100 valence electrons. The second-order valence-corrected chi connectivity index (χ2v) is 4.65. The molecule has 0 aliphatic carbocycles. The second-order valence-electron chi connectivity index (χ2n) is 3.63. The minimum atomic E-state index is -0.208. The Morgan fingerprint density at radius 1 is 1.61 bits per heavy atom. The Kier molecular flexibility index (Phi) is 5.51. The summed E-state index contributed by atoms with van der Waals surface area (Å²) in [7, 11) is 1.54. The third kappa shape index (κ3) is 3.16. The topological polar surface area (TPSA) is 76.4 Å². The monoisotopic (exact) mass is 269 g/mol. The summed E-state index contributed by atoms with van der Waals surface area (Å²) in [5, 5.41) is 6.69. The van der Waals surface area contributed by atoms with Crippen molar-refractivity contribution in [3.63, 3.8) is 0 Å². The van der Waals surface area contributed by atoms with Crippen LogP contribution in [-0.4, -0.2) is 26.1 Å². The molecule has 4 N–H and O–H groups in total. The SMILES string of the molecule is C=CCNC(=O)c1sc(NCCC)c(OC)c1N. The lowest BCUT2D eigenvalue weighted by atomic mass is 10.3. The highest BCUT2D eigenvalue weighted by Gasteiger charge is 2.21. The van der Waals surface area contributed by atoms with Gasteiger partial charge in [-0.05, 0) is 6.42 Å². The molecule has 0 aliphatic rings. The molecule has 1 amide bonds. The molecule has 1 aromatic rings. The molecular formula is C12H19N3O2S. The quantitative estimate of drug-likeness (QED) is 0.662. The third-order valence-corrected chi connectivity index (χ3v) is 3.40. The maximum atomic E-state index is 11.9. The number of amides is 1. The highest BCUT2D eigenvalue weighted by Crippen LogP contribution is 2.42. The second kappa shape index (κ2) is 6.90. The molecule has 5 nitrogen and oxygen atoms in total. The van der Waals surface area contributed by atoms with E-state index in [1.165, 1.54) is 11.3 Å². The van der Waals surface area contributed by atoms with Crippen LogP contribution < -0.4 is 21.1 Å². The van der Waals surface area contributed by atoms with Crippen molar-refractivity contribution < 1.29 is 9.53 Å². The first kappa shape index (κ1) is 14.4. The number of carbonyl (C=O) groups excluding carboxylic acids is 1. The van der Waals surface area contributed by atoms with E-state index in [-0.39, 0.29) is 5.91 Å². The van der Waals surface area contributed by atoms with Gasteiger partial charge < -0.3 is 21.1 Å². The standard InChI is InChI=1S/C12H19N3O2S/c1-4-6-14-11(16)10-8(13)9(17-3)12(18-10)15-7-5-2/h4,15H,1,5-7,13H2,2-3H3,(H,14,16). The van der Waals surface area contributed by atoms with Crippen molar-refractivity contribution in [2.75, 3.05) is 31.2 Å². The first-order valence-electron chi connectivity index (χ1n) is 5.74. The van der Waals surface area contributed by atoms with Crippen LogP contribution in [0.5, 0.6) is 5.75 Å². The Bertz CT molecular complexity index is 429. The van der Waals surface area contributed by atoms with Crippen LogP contribution in [0.25, 0.3) is 0 Å². The van der Waals surface area contributed by atoms with Gasteiger partial charge in [-0.15, -0.1) is 17.9 Å². The summed E-state index contributed by atoms with van der Waals surface area (Å²) in [5.74, 6) is 0.331. The molecule has 0 fully saturated rings. The zero-order valence-corrected chi connectivity index (χ0v) is 11.5. The largest absolute Gasteiger partial charge is 0.492 e. The summed E-state index contributed by atoms with van der Waals surface area (Å²) in [4.78, 5) is 12.3. The van der Waals surface area contributed by atoms with Crippen molar-refractivity contribution in [2.24, 2.45) is 0 Å². The molecule has 0 aromatic carbocycles. The van der Waals surface area contributed by atoms with E-state index in [0.717, 1.165) is 18.0 Å². The van der Waals surface area contributed by atoms with Crippen molar-refractivity contribution in [3.05, 3.63) is 17.5 Å². The van der Waals surface area contributed by atoms with E-state index in [0.29, 0.717) is 22.9 Å². The van der Waals surface area contributed by atoms with Crippen LogP contribution >= 0.6 is 11.3 Å². The Morgan fingerprint density at radius 3 is 2.89 bits per heavy atom. The summed E-state index contributed by atoms with van der Waals surface area (Å²) in [6, 6.07) is 0. The first-order valence-corrected chi connectivity index (χ1v) is 6.56.